The van der Waals surface area contributed by atoms with E-state index in [1.165, 1.54) is 11.6 Å². The average molecular weight is 259 g/mol. The van der Waals surface area contributed by atoms with Crippen LogP contribution in [-0.2, 0) is 5.11 Å². The highest BCUT2D eigenvalue weighted by Gasteiger charge is 2.10. The molecule has 2 aromatic carbocycles. The highest BCUT2D eigenvalue weighted by atomic mass is 19.1. The Bertz CT molecular complexity index is 536. The van der Waals surface area contributed by atoms with E-state index in [4.69, 9.17) is 0 Å². The number of hydrogen-bond donors (Lipinski definition) is 0. The first-order chi connectivity index (χ1) is 9.24. The quantitative estimate of drug-likeness (QED) is 0.645. The van der Waals surface area contributed by atoms with Gasteiger partial charge >= 0.3 is 0 Å². The van der Waals surface area contributed by atoms with E-state index in [1.54, 1.807) is 6.07 Å². The molecule has 2 rings (SSSR count). The van der Waals surface area contributed by atoms with E-state index >= 15 is 0 Å². The van der Waals surface area contributed by atoms with Crippen LogP contribution < -0.4 is 0 Å². The summed E-state index contributed by atoms with van der Waals surface area (Å²) in [5.74, 6) is 0.245. The molecule has 0 aliphatic carbocycles. The maximum Gasteiger partial charge on any atom is 0.131 e. The summed E-state index contributed by atoms with van der Waals surface area (Å²) >= 11 is 0. The molecule has 0 bridgehead atoms. The van der Waals surface area contributed by atoms with Crippen molar-refractivity contribution in [2.75, 3.05) is 6.61 Å². The third-order valence-electron chi connectivity index (χ3n) is 3.71. The minimum Gasteiger partial charge on any atom is -0.237 e. The summed E-state index contributed by atoms with van der Waals surface area (Å²) in [5.41, 5.74) is 1.21. The molecule has 1 unspecified atom stereocenters. The van der Waals surface area contributed by atoms with E-state index in [9.17, 15) is 9.50 Å². The molecule has 101 valence electrons. The van der Waals surface area contributed by atoms with E-state index < -0.39 is 0 Å². The lowest BCUT2D eigenvalue weighted by atomic mass is 9.91. The normalized spacial score (nSPS) is 12.8. The van der Waals surface area contributed by atoms with E-state index in [-0.39, 0.29) is 12.4 Å². The first kappa shape index (κ1) is 14.0. The van der Waals surface area contributed by atoms with E-state index in [1.807, 2.05) is 18.2 Å². The van der Waals surface area contributed by atoms with Crippen molar-refractivity contribution in [3.63, 3.8) is 0 Å². The molecular formula is C17H20FO. The zero-order valence-electron chi connectivity index (χ0n) is 11.4. The van der Waals surface area contributed by atoms with Crippen LogP contribution in [0.3, 0.4) is 0 Å². The van der Waals surface area contributed by atoms with Gasteiger partial charge < -0.3 is 0 Å². The number of rotatable bonds is 6. The van der Waals surface area contributed by atoms with Crippen molar-refractivity contribution in [2.45, 2.75) is 38.5 Å². The summed E-state index contributed by atoms with van der Waals surface area (Å²) in [6, 6.07) is 11.1. The van der Waals surface area contributed by atoms with E-state index in [0.717, 1.165) is 31.1 Å². The molecule has 2 heteroatoms. The van der Waals surface area contributed by atoms with Crippen molar-refractivity contribution >= 4 is 10.8 Å². The topological polar surface area (TPSA) is 19.9 Å². The van der Waals surface area contributed by atoms with Gasteiger partial charge in [0.25, 0.3) is 0 Å². The molecule has 1 radical (unpaired) electrons. The Balaban J connectivity index is 2.17. The summed E-state index contributed by atoms with van der Waals surface area (Å²) in [7, 11) is 0. The summed E-state index contributed by atoms with van der Waals surface area (Å²) in [5, 5.41) is 12.1. The molecule has 0 N–H and O–H groups in total. The van der Waals surface area contributed by atoms with Crippen LogP contribution in [0.1, 0.15) is 44.1 Å². The molecular weight excluding hydrogens is 239 g/mol. The second-order valence-electron chi connectivity index (χ2n) is 5.14. The second-order valence-corrected chi connectivity index (χ2v) is 5.14. The van der Waals surface area contributed by atoms with Gasteiger partial charge in [0, 0.05) is 5.39 Å². The largest absolute Gasteiger partial charge is 0.237 e. The Kier molecular flexibility index (Phi) is 4.92. The van der Waals surface area contributed by atoms with Crippen LogP contribution in [0.4, 0.5) is 4.39 Å². The number of benzene rings is 2. The highest BCUT2D eigenvalue weighted by molar-refractivity contribution is 5.86. The van der Waals surface area contributed by atoms with Crippen LogP contribution >= 0.6 is 0 Å². The van der Waals surface area contributed by atoms with Gasteiger partial charge in [-0.25, -0.2) is 9.50 Å². The minimum absolute atomic E-state index is 0.0217. The zero-order chi connectivity index (χ0) is 13.7. The SMILES string of the molecule is CC(CCCCC[O])c1cccc2c(F)cccc12. The second kappa shape index (κ2) is 6.67. The van der Waals surface area contributed by atoms with Gasteiger partial charge in [0.05, 0.1) is 6.61 Å². The van der Waals surface area contributed by atoms with Gasteiger partial charge in [-0.1, -0.05) is 50.1 Å². The van der Waals surface area contributed by atoms with Gasteiger partial charge in [-0.15, -0.1) is 0 Å². The smallest absolute Gasteiger partial charge is 0.131 e. The van der Waals surface area contributed by atoms with E-state index in [2.05, 4.69) is 13.0 Å². The molecule has 1 atom stereocenters. The van der Waals surface area contributed by atoms with Crippen LogP contribution in [0.2, 0.25) is 0 Å². The van der Waals surface area contributed by atoms with Crippen LogP contribution in [0.15, 0.2) is 36.4 Å². The van der Waals surface area contributed by atoms with Gasteiger partial charge in [0.1, 0.15) is 5.82 Å². The maximum atomic E-state index is 13.7. The zero-order valence-corrected chi connectivity index (χ0v) is 11.4. The Morgan fingerprint density at radius 1 is 1.00 bits per heavy atom. The molecule has 0 spiro atoms. The molecule has 19 heavy (non-hydrogen) atoms. The predicted molar refractivity (Wildman–Crippen MR) is 76.3 cm³/mol. The van der Waals surface area contributed by atoms with E-state index in [0.29, 0.717) is 11.3 Å². The van der Waals surface area contributed by atoms with Crippen molar-refractivity contribution in [1.82, 2.24) is 0 Å². The summed E-state index contributed by atoms with van der Waals surface area (Å²) in [4.78, 5) is 0. The Morgan fingerprint density at radius 3 is 2.53 bits per heavy atom. The van der Waals surface area contributed by atoms with Crippen molar-refractivity contribution in [2.24, 2.45) is 0 Å². The molecule has 0 saturated heterocycles. The van der Waals surface area contributed by atoms with Gasteiger partial charge in [0.2, 0.25) is 0 Å². The van der Waals surface area contributed by atoms with Gasteiger partial charge in [0.15, 0.2) is 0 Å². The lowest BCUT2D eigenvalue weighted by molar-refractivity contribution is 0.185. The lowest BCUT2D eigenvalue weighted by Crippen LogP contribution is -1.96. The van der Waals surface area contributed by atoms with Gasteiger partial charge in [-0.2, -0.15) is 0 Å². The molecule has 0 aromatic heterocycles. The van der Waals surface area contributed by atoms with Gasteiger partial charge in [-0.3, -0.25) is 0 Å². The molecule has 1 nitrogen and oxygen atoms in total. The van der Waals surface area contributed by atoms with Gasteiger partial charge in [-0.05, 0) is 35.8 Å². The first-order valence-electron chi connectivity index (χ1n) is 6.99. The fourth-order valence-electron chi connectivity index (χ4n) is 2.61. The highest BCUT2D eigenvalue weighted by Crippen LogP contribution is 2.30. The maximum absolute atomic E-state index is 13.7. The third kappa shape index (κ3) is 3.32. The molecule has 0 aliphatic rings. The Labute approximate surface area is 114 Å². The molecule has 0 amide bonds. The van der Waals surface area contributed by atoms with Crippen LogP contribution in [0.25, 0.3) is 10.8 Å². The fourth-order valence-corrected chi connectivity index (χ4v) is 2.61. The average Bonchev–Trinajstić information content (AvgIpc) is 2.43. The summed E-state index contributed by atoms with van der Waals surface area (Å²) in [6.45, 7) is 2.20. The lowest BCUT2D eigenvalue weighted by Gasteiger charge is -2.14. The fraction of sp³-hybridized carbons (Fsp3) is 0.412. The number of halogens is 1. The molecule has 0 aliphatic heterocycles. The molecule has 0 heterocycles. The van der Waals surface area contributed by atoms with Crippen molar-refractivity contribution in [1.29, 1.82) is 0 Å². The van der Waals surface area contributed by atoms with Crippen LogP contribution in [0, 0.1) is 5.82 Å². The summed E-state index contributed by atoms with van der Waals surface area (Å²) < 4.78 is 13.7. The van der Waals surface area contributed by atoms with Crippen molar-refractivity contribution < 1.29 is 9.50 Å². The van der Waals surface area contributed by atoms with Crippen LogP contribution in [0.5, 0.6) is 0 Å². The molecule has 2 aromatic rings. The first-order valence-corrected chi connectivity index (χ1v) is 6.99. The number of unbranched alkanes of at least 4 members (excludes halogenated alkanes) is 2. The van der Waals surface area contributed by atoms with Crippen molar-refractivity contribution in [3.05, 3.63) is 47.8 Å². The molecule has 0 saturated carbocycles. The van der Waals surface area contributed by atoms with Crippen molar-refractivity contribution in [3.8, 4) is 0 Å². The third-order valence-corrected chi connectivity index (χ3v) is 3.71. The Morgan fingerprint density at radius 2 is 1.74 bits per heavy atom. The summed E-state index contributed by atoms with van der Waals surface area (Å²) in [6.07, 6.45) is 3.87. The monoisotopic (exact) mass is 259 g/mol. The molecule has 0 fully saturated rings. The standard InChI is InChI=1S/C17H20FO/c1-13(7-3-2-4-12-19)14-8-5-10-16-15(14)9-6-11-17(16)18/h5-6,8-11,13H,2-4,7,12H2,1H3. The predicted octanol–water partition coefficient (Wildman–Crippen LogP) is 5.07. The minimum atomic E-state index is -0.155. The Hall–Kier alpha value is -1.41. The number of fused-ring (bicyclic) bond motifs is 1. The van der Waals surface area contributed by atoms with Crippen LogP contribution in [-0.4, -0.2) is 6.61 Å². The number of hydrogen-bond acceptors (Lipinski definition) is 0.